The van der Waals surface area contributed by atoms with Crippen LogP contribution >= 0.6 is 12.4 Å². The zero-order chi connectivity index (χ0) is 5.86. The van der Waals surface area contributed by atoms with Crippen molar-refractivity contribution in [1.29, 1.82) is 0 Å². The van der Waals surface area contributed by atoms with E-state index >= 15 is 0 Å². The van der Waals surface area contributed by atoms with Gasteiger partial charge >= 0.3 is 0 Å². The molecule has 0 spiro atoms. The predicted molar refractivity (Wildman–Crippen MR) is 37.1 cm³/mol. The first-order valence-electron chi connectivity index (χ1n) is 2.20. The highest BCUT2D eigenvalue weighted by Crippen LogP contribution is 1.89. The minimum Gasteiger partial charge on any atom is -0.394 e. The zero-order valence-electron chi connectivity index (χ0n) is 4.92. The smallest absolute Gasteiger partial charge is 0.0620 e. The molecule has 0 heterocycles. The minimum absolute atomic E-state index is 0. The summed E-state index contributed by atoms with van der Waals surface area (Å²) in [6.07, 6.45) is 0. The van der Waals surface area contributed by atoms with Crippen molar-refractivity contribution >= 4 is 12.4 Å². The maximum absolute atomic E-state index is 8.32. The van der Waals surface area contributed by atoms with E-state index in [0.717, 1.165) is 5.57 Å². The van der Waals surface area contributed by atoms with Gasteiger partial charge in [-0.05, 0) is 6.92 Å². The molecule has 0 aromatic carbocycles. The topological polar surface area (TPSA) is 46.2 Å². The molecule has 0 aliphatic carbocycles. The monoisotopic (exact) mass is 137 g/mol. The normalized spacial score (nSPS) is 11.9. The molecule has 0 aliphatic heterocycles. The molecule has 3 N–H and O–H groups in total. The van der Waals surface area contributed by atoms with Crippen molar-refractivity contribution in [2.24, 2.45) is 5.73 Å². The number of halogens is 1. The molecule has 0 aliphatic rings. The van der Waals surface area contributed by atoms with Crippen LogP contribution in [0.5, 0.6) is 0 Å². The highest BCUT2D eigenvalue weighted by molar-refractivity contribution is 5.85. The Balaban J connectivity index is 0. The van der Waals surface area contributed by atoms with Crippen molar-refractivity contribution in [3.8, 4) is 0 Å². The highest BCUT2D eigenvalue weighted by atomic mass is 35.5. The Labute approximate surface area is 55.8 Å². The summed E-state index contributed by atoms with van der Waals surface area (Å²) in [4.78, 5) is 0. The zero-order valence-corrected chi connectivity index (χ0v) is 5.74. The van der Waals surface area contributed by atoms with Crippen molar-refractivity contribution in [2.45, 2.75) is 13.0 Å². The fraction of sp³-hybridized carbons (Fsp3) is 0.600. The third-order valence-electron chi connectivity index (χ3n) is 0.830. The van der Waals surface area contributed by atoms with Crippen LogP contribution in [0.3, 0.4) is 0 Å². The summed E-state index contributed by atoms with van der Waals surface area (Å²) in [5.74, 6) is 0. The molecule has 0 aromatic heterocycles. The molecule has 0 radical (unpaired) electrons. The molecular weight excluding hydrogens is 126 g/mol. The van der Waals surface area contributed by atoms with E-state index in [0.29, 0.717) is 0 Å². The summed E-state index contributed by atoms with van der Waals surface area (Å²) >= 11 is 0. The molecule has 0 amide bonds. The van der Waals surface area contributed by atoms with Gasteiger partial charge in [0.1, 0.15) is 0 Å². The largest absolute Gasteiger partial charge is 0.394 e. The van der Waals surface area contributed by atoms with E-state index in [1.54, 1.807) is 6.92 Å². The number of hydrogen-bond acceptors (Lipinski definition) is 2. The summed E-state index contributed by atoms with van der Waals surface area (Å²) in [7, 11) is 0. The van der Waals surface area contributed by atoms with Gasteiger partial charge < -0.3 is 10.8 Å². The van der Waals surface area contributed by atoms with E-state index in [-0.39, 0.29) is 25.1 Å². The summed E-state index contributed by atoms with van der Waals surface area (Å²) in [6.45, 7) is 5.33. The van der Waals surface area contributed by atoms with Crippen molar-refractivity contribution in [3.63, 3.8) is 0 Å². The molecule has 1 atom stereocenters. The summed E-state index contributed by atoms with van der Waals surface area (Å²) < 4.78 is 0. The molecule has 2 nitrogen and oxygen atoms in total. The van der Waals surface area contributed by atoms with Crippen LogP contribution in [-0.4, -0.2) is 17.8 Å². The average molecular weight is 138 g/mol. The first-order valence-corrected chi connectivity index (χ1v) is 2.20. The Morgan fingerprint density at radius 2 is 2.25 bits per heavy atom. The quantitative estimate of drug-likeness (QED) is 0.538. The van der Waals surface area contributed by atoms with Crippen molar-refractivity contribution < 1.29 is 5.11 Å². The fourth-order valence-electron chi connectivity index (χ4n) is 0.156. The first-order chi connectivity index (χ1) is 3.18. The van der Waals surface area contributed by atoms with E-state index in [1.807, 2.05) is 0 Å². The molecular formula is C5H12ClNO. The van der Waals surface area contributed by atoms with Gasteiger partial charge in [-0.25, -0.2) is 0 Å². The lowest BCUT2D eigenvalue weighted by atomic mass is 10.2. The van der Waals surface area contributed by atoms with Gasteiger partial charge in [0.2, 0.25) is 0 Å². The first kappa shape index (κ1) is 10.8. The van der Waals surface area contributed by atoms with Gasteiger partial charge in [0.05, 0.1) is 6.61 Å². The molecule has 0 bridgehead atoms. The molecule has 0 saturated carbocycles. The predicted octanol–water partition coefficient (Wildman–Crippen LogP) is 0.304. The maximum Gasteiger partial charge on any atom is 0.0620 e. The van der Waals surface area contributed by atoms with Crippen LogP contribution in [0.2, 0.25) is 0 Å². The van der Waals surface area contributed by atoms with E-state index < -0.39 is 0 Å². The van der Waals surface area contributed by atoms with Gasteiger partial charge in [0.25, 0.3) is 0 Å². The minimum atomic E-state index is -0.236. The number of nitrogens with two attached hydrogens (primary N) is 1. The standard InChI is InChI=1S/C5H11NO.ClH/c1-4(2)5(6)3-7;/h5,7H,1,3,6H2,2H3;1H/t5-;/m0./s1. The van der Waals surface area contributed by atoms with Gasteiger partial charge in [-0.1, -0.05) is 12.2 Å². The lowest BCUT2D eigenvalue weighted by molar-refractivity contribution is 0.279. The Hall–Kier alpha value is -0.0500. The third kappa shape index (κ3) is 4.12. The van der Waals surface area contributed by atoms with Gasteiger partial charge in [0.15, 0.2) is 0 Å². The molecule has 0 saturated heterocycles. The van der Waals surface area contributed by atoms with Crippen molar-refractivity contribution in [2.75, 3.05) is 6.61 Å². The van der Waals surface area contributed by atoms with E-state index in [9.17, 15) is 0 Å². The molecule has 0 fully saturated rings. The van der Waals surface area contributed by atoms with Gasteiger partial charge in [0, 0.05) is 6.04 Å². The van der Waals surface area contributed by atoms with E-state index in [4.69, 9.17) is 10.8 Å². The van der Waals surface area contributed by atoms with Crippen LogP contribution in [-0.2, 0) is 0 Å². The van der Waals surface area contributed by atoms with Crippen LogP contribution in [0.15, 0.2) is 12.2 Å². The fourth-order valence-corrected chi connectivity index (χ4v) is 0.156. The second-order valence-electron chi connectivity index (χ2n) is 1.64. The molecule has 0 aromatic rings. The summed E-state index contributed by atoms with van der Waals surface area (Å²) in [6, 6.07) is -0.236. The average Bonchev–Trinajstić information content (AvgIpc) is 1.65. The number of hydrogen-bond donors (Lipinski definition) is 2. The van der Waals surface area contributed by atoms with Crippen LogP contribution in [0.1, 0.15) is 6.92 Å². The summed E-state index contributed by atoms with van der Waals surface area (Å²) in [5.41, 5.74) is 6.09. The highest BCUT2D eigenvalue weighted by Gasteiger charge is 1.96. The van der Waals surface area contributed by atoms with Crippen LogP contribution in [0.25, 0.3) is 0 Å². The molecule has 3 heteroatoms. The SMILES string of the molecule is C=C(C)[C@@H](N)CO.Cl. The Bertz CT molecular complexity index is 74.8. The van der Waals surface area contributed by atoms with E-state index in [2.05, 4.69) is 6.58 Å². The summed E-state index contributed by atoms with van der Waals surface area (Å²) in [5, 5.41) is 8.32. The Kier molecular flexibility index (Phi) is 6.91. The number of rotatable bonds is 2. The van der Waals surface area contributed by atoms with Gasteiger partial charge in [-0.2, -0.15) is 0 Å². The third-order valence-corrected chi connectivity index (χ3v) is 0.830. The maximum atomic E-state index is 8.32. The van der Waals surface area contributed by atoms with Gasteiger partial charge in [-0.3, -0.25) is 0 Å². The second-order valence-corrected chi connectivity index (χ2v) is 1.64. The van der Waals surface area contributed by atoms with Crippen molar-refractivity contribution in [3.05, 3.63) is 12.2 Å². The Morgan fingerprint density at radius 1 is 1.88 bits per heavy atom. The van der Waals surface area contributed by atoms with E-state index in [1.165, 1.54) is 0 Å². The van der Waals surface area contributed by atoms with Crippen LogP contribution < -0.4 is 5.73 Å². The molecule has 0 unspecified atom stereocenters. The van der Waals surface area contributed by atoms with Crippen LogP contribution in [0, 0.1) is 0 Å². The second kappa shape index (κ2) is 5.09. The Morgan fingerprint density at radius 3 is 2.25 bits per heavy atom. The lowest BCUT2D eigenvalue weighted by Crippen LogP contribution is -2.24. The van der Waals surface area contributed by atoms with Crippen molar-refractivity contribution in [1.82, 2.24) is 0 Å². The molecule has 0 rings (SSSR count). The number of aliphatic hydroxyl groups is 1. The number of aliphatic hydroxyl groups excluding tert-OH is 1. The van der Waals surface area contributed by atoms with Crippen LogP contribution in [0.4, 0.5) is 0 Å². The molecule has 50 valence electrons. The molecule has 8 heavy (non-hydrogen) atoms. The lowest BCUT2D eigenvalue weighted by Gasteiger charge is -2.03. The van der Waals surface area contributed by atoms with Gasteiger partial charge in [-0.15, -0.1) is 12.4 Å².